The Labute approximate surface area is 104 Å². The Morgan fingerprint density at radius 3 is 2.65 bits per heavy atom. The highest BCUT2D eigenvalue weighted by Crippen LogP contribution is 2.26. The fourth-order valence-electron chi connectivity index (χ4n) is 1.31. The summed E-state index contributed by atoms with van der Waals surface area (Å²) in [6.45, 7) is 0. The van der Waals surface area contributed by atoms with E-state index in [1.165, 1.54) is 12.1 Å². The Balaban J connectivity index is 3.66. The van der Waals surface area contributed by atoms with Crippen molar-refractivity contribution in [1.29, 1.82) is 5.26 Å². The highest BCUT2D eigenvalue weighted by atomic mass is 79.9. The summed E-state index contributed by atoms with van der Waals surface area (Å²) in [6.07, 6.45) is 0.341. The molecule has 0 unspecified atom stereocenters. The molecule has 0 spiro atoms. The van der Waals surface area contributed by atoms with Crippen molar-refractivity contribution in [3.63, 3.8) is 0 Å². The van der Waals surface area contributed by atoms with Crippen LogP contribution in [-0.2, 0) is 0 Å². The molecule has 0 heterocycles. The van der Waals surface area contributed by atoms with E-state index in [4.69, 9.17) is 5.26 Å². The molecule has 0 saturated carbocycles. The minimum Gasteiger partial charge on any atom is -0.298 e. The molecule has 0 saturated heterocycles. The standard InChI is InChI=1S/C10H5BrN2O4/c11-3-9(15)7-2-1-6(5-14)8(4-12)10(7)13(16)17/h1-2,5H,3H2. The van der Waals surface area contributed by atoms with Gasteiger partial charge in [0, 0.05) is 5.56 Å². The number of carbonyl (C=O) groups is 2. The number of nitriles is 1. The predicted molar refractivity (Wildman–Crippen MR) is 61.3 cm³/mol. The van der Waals surface area contributed by atoms with E-state index in [0.29, 0.717) is 6.29 Å². The summed E-state index contributed by atoms with van der Waals surface area (Å²) >= 11 is 2.89. The first-order chi connectivity index (χ1) is 8.06. The van der Waals surface area contributed by atoms with Crippen LogP contribution in [-0.4, -0.2) is 22.3 Å². The van der Waals surface area contributed by atoms with Gasteiger partial charge in [0.2, 0.25) is 0 Å². The third kappa shape index (κ3) is 2.37. The second-order valence-corrected chi connectivity index (χ2v) is 3.53. The topological polar surface area (TPSA) is 101 Å². The van der Waals surface area contributed by atoms with Gasteiger partial charge in [-0.15, -0.1) is 0 Å². The SMILES string of the molecule is N#Cc1c(C=O)ccc(C(=O)CBr)c1[N+](=O)[O-]. The number of halogens is 1. The van der Waals surface area contributed by atoms with Crippen LogP contribution < -0.4 is 0 Å². The Hall–Kier alpha value is -2.07. The number of nitro groups is 1. The molecule has 0 aliphatic rings. The third-order valence-electron chi connectivity index (χ3n) is 2.05. The molecule has 0 atom stereocenters. The number of aldehydes is 1. The molecule has 1 aromatic rings. The lowest BCUT2D eigenvalue weighted by Gasteiger charge is -2.03. The van der Waals surface area contributed by atoms with Gasteiger partial charge >= 0.3 is 0 Å². The predicted octanol–water partition coefficient (Wildman–Crippen LogP) is 1.86. The number of nitro benzene ring substituents is 1. The summed E-state index contributed by atoms with van der Waals surface area (Å²) in [5, 5.41) is 19.6. The highest BCUT2D eigenvalue weighted by Gasteiger charge is 2.26. The van der Waals surface area contributed by atoms with Gasteiger partial charge in [-0.2, -0.15) is 5.26 Å². The average molecular weight is 297 g/mol. The number of alkyl halides is 1. The minimum atomic E-state index is -0.832. The number of nitrogens with zero attached hydrogens (tertiary/aromatic N) is 2. The van der Waals surface area contributed by atoms with Crippen LogP contribution >= 0.6 is 15.9 Å². The van der Waals surface area contributed by atoms with E-state index in [1.807, 2.05) is 0 Å². The zero-order valence-corrected chi connectivity index (χ0v) is 9.93. The summed E-state index contributed by atoms with van der Waals surface area (Å²) in [5.74, 6) is -0.523. The van der Waals surface area contributed by atoms with Crippen LogP contribution in [0.1, 0.15) is 26.3 Å². The Kier molecular flexibility index (Phi) is 4.06. The zero-order chi connectivity index (χ0) is 13.0. The maximum absolute atomic E-state index is 11.5. The summed E-state index contributed by atoms with van der Waals surface area (Å²) in [6, 6.07) is 3.96. The lowest BCUT2D eigenvalue weighted by molar-refractivity contribution is -0.385. The molecule has 0 bridgehead atoms. The quantitative estimate of drug-likeness (QED) is 0.277. The lowest BCUT2D eigenvalue weighted by Crippen LogP contribution is -2.08. The molecule has 0 aromatic heterocycles. The molecule has 0 N–H and O–H groups in total. The molecule has 86 valence electrons. The van der Waals surface area contributed by atoms with Gasteiger partial charge in [0.1, 0.15) is 11.6 Å². The molecule has 0 radical (unpaired) electrons. The van der Waals surface area contributed by atoms with E-state index in [9.17, 15) is 19.7 Å². The van der Waals surface area contributed by atoms with Crippen molar-refractivity contribution in [3.8, 4) is 6.07 Å². The van der Waals surface area contributed by atoms with E-state index in [1.54, 1.807) is 6.07 Å². The molecule has 1 aromatic carbocycles. The van der Waals surface area contributed by atoms with Crippen LogP contribution in [0, 0.1) is 21.4 Å². The van der Waals surface area contributed by atoms with Crippen LogP contribution in [0.3, 0.4) is 0 Å². The Morgan fingerprint density at radius 2 is 2.24 bits per heavy atom. The summed E-state index contributed by atoms with van der Waals surface area (Å²) in [7, 11) is 0. The van der Waals surface area contributed by atoms with Gasteiger partial charge in [-0.3, -0.25) is 19.7 Å². The fourth-order valence-corrected chi connectivity index (χ4v) is 1.61. The van der Waals surface area contributed by atoms with Crippen molar-refractivity contribution in [2.24, 2.45) is 0 Å². The van der Waals surface area contributed by atoms with Gasteiger partial charge in [0.25, 0.3) is 5.69 Å². The summed E-state index contributed by atoms with van der Waals surface area (Å²) in [4.78, 5) is 32.1. The number of hydrogen-bond acceptors (Lipinski definition) is 5. The molecule has 0 aliphatic heterocycles. The summed E-state index contributed by atoms with van der Waals surface area (Å²) < 4.78 is 0. The summed E-state index contributed by atoms with van der Waals surface area (Å²) in [5.41, 5.74) is -1.31. The van der Waals surface area contributed by atoms with E-state index in [-0.39, 0.29) is 16.5 Å². The first-order valence-corrected chi connectivity index (χ1v) is 5.44. The maximum atomic E-state index is 11.5. The van der Waals surface area contributed by atoms with Crippen molar-refractivity contribution >= 4 is 33.7 Å². The Morgan fingerprint density at radius 1 is 1.59 bits per heavy atom. The van der Waals surface area contributed by atoms with Gasteiger partial charge in [-0.05, 0) is 12.1 Å². The molecule has 7 heteroatoms. The second kappa shape index (κ2) is 5.32. The van der Waals surface area contributed by atoms with Gasteiger partial charge < -0.3 is 0 Å². The van der Waals surface area contributed by atoms with Crippen molar-refractivity contribution < 1.29 is 14.5 Å². The molecule has 0 aliphatic carbocycles. The van der Waals surface area contributed by atoms with E-state index in [0.717, 1.165) is 0 Å². The van der Waals surface area contributed by atoms with Crippen molar-refractivity contribution in [3.05, 3.63) is 38.9 Å². The third-order valence-corrected chi connectivity index (χ3v) is 2.56. The number of hydrogen-bond donors (Lipinski definition) is 0. The van der Waals surface area contributed by atoms with E-state index in [2.05, 4.69) is 15.9 Å². The van der Waals surface area contributed by atoms with Gasteiger partial charge in [0.05, 0.1) is 15.8 Å². The number of Topliss-reactive ketones (excluding diaryl/α,β-unsaturated/α-hetero) is 1. The monoisotopic (exact) mass is 296 g/mol. The van der Waals surface area contributed by atoms with Crippen molar-refractivity contribution in [2.75, 3.05) is 5.33 Å². The van der Waals surface area contributed by atoms with Crippen LogP contribution in [0.5, 0.6) is 0 Å². The zero-order valence-electron chi connectivity index (χ0n) is 8.34. The van der Waals surface area contributed by atoms with Crippen molar-refractivity contribution in [1.82, 2.24) is 0 Å². The minimum absolute atomic E-state index is 0.0981. The number of ketones is 1. The average Bonchev–Trinajstić information content (AvgIpc) is 2.35. The molecular formula is C10H5BrN2O4. The molecule has 17 heavy (non-hydrogen) atoms. The number of rotatable bonds is 4. The normalized spacial score (nSPS) is 9.41. The van der Waals surface area contributed by atoms with Crippen molar-refractivity contribution in [2.45, 2.75) is 0 Å². The maximum Gasteiger partial charge on any atom is 0.298 e. The highest BCUT2D eigenvalue weighted by molar-refractivity contribution is 9.09. The number of benzene rings is 1. The molecular weight excluding hydrogens is 292 g/mol. The second-order valence-electron chi connectivity index (χ2n) is 2.97. The van der Waals surface area contributed by atoms with E-state index < -0.39 is 22.0 Å². The van der Waals surface area contributed by atoms with E-state index >= 15 is 0 Å². The largest absolute Gasteiger partial charge is 0.298 e. The van der Waals surface area contributed by atoms with Crippen LogP contribution in [0.2, 0.25) is 0 Å². The lowest BCUT2D eigenvalue weighted by atomic mass is 10.0. The fraction of sp³-hybridized carbons (Fsp3) is 0.100. The first-order valence-electron chi connectivity index (χ1n) is 4.32. The van der Waals surface area contributed by atoms with Gasteiger partial charge in [-0.1, -0.05) is 15.9 Å². The van der Waals surface area contributed by atoms with Gasteiger partial charge in [-0.25, -0.2) is 0 Å². The molecule has 1 rings (SSSR count). The van der Waals surface area contributed by atoms with Crippen LogP contribution in [0.25, 0.3) is 0 Å². The molecule has 0 amide bonds. The molecule has 6 nitrogen and oxygen atoms in total. The van der Waals surface area contributed by atoms with Crippen LogP contribution in [0.15, 0.2) is 12.1 Å². The Bertz CT molecular complexity index is 548. The van der Waals surface area contributed by atoms with Gasteiger partial charge in [0.15, 0.2) is 12.1 Å². The number of carbonyl (C=O) groups excluding carboxylic acids is 2. The smallest absolute Gasteiger partial charge is 0.298 e. The molecule has 0 fully saturated rings. The first kappa shape index (κ1) is 13.0. The van der Waals surface area contributed by atoms with Crippen LogP contribution in [0.4, 0.5) is 5.69 Å².